The van der Waals surface area contributed by atoms with Crippen molar-refractivity contribution in [3.8, 4) is 23.0 Å². The van der Waals surface area contributed by atoms with E-state index in [-0.39, 0.29) is 11.9 Å². The van der Waals surface area contributed by atoms with Gasteiger partial charge in [0.05, 0.1) is 32.6 Å². The molecule has 0 bridgehead atoms. The van der Waals surface area contributed by atoms with Crippen LogP contribution in [-0.2, 0) is 0 Å². The number of ether oxygens (including phenoxy) is 4. The van der Waals surface area contributed by atoms with Gasteiger partial charge in [-0.05, 0) is 48.9 Å². The van der Waals surface area contributed by atoms with E-state index >= 15 is 0 Å². The fraction of sp³-hybridized carbons (Fsp3) is 0.269. The van der Waals surface area contributed by atoms with Crippen molar-refractivity contribution in [2.75, 3.05) is 20.8 Å². The number of methoxy groups -OCH3 is 2. The van der Waals surface area contributed by atoms with Gasteiger partial charge in [0.1, 0.15) is 5.82 Å². The fourth-order valence-corrected chi connectivity index (χ4v) is 4.40. The largest absolute Gasteiger partial charge is 0.493 e. The smallest absolute Gasteiger partial charge is 0.214 e. The first-order valence-corrected chi connectivity index (χ1v) is 10.9. The number of rotatable bonds is 6. The second-order valence-corrected chi connectivity index (χ2v) is 7.85. The van der Waals surface area contributed by atoms with E-state index in [1.54, 1.807) is 26.4 Å². The average Bonchev–Trinajstić information content (AvgIpc) is 3.30. The number of para-hydroxylation sites is 1. The molecule has 0 spiro atoms. The molecule has 0 amide bonds. The van der Waals surface area contributed by atoms with Crippen LogP contribution < -0.4 is 18.9 Å². The molecule has 0 radical (unpaired) electrons. The maximum atomic E-state index is 13.5. The van der Waals surface area contributed by atoms with E-state index < -0.39 is 6.23 Å². The highest BCUT2D eigenvalue weighted by molar-refractivity contribution is 6.02. The van der Waals surface area contributed by atoms with Crippen LogP contribution in [0.2, 0.25) is 0 Å². The summed E-state index contributed by atoms with van der Waals surface area (Å²) in [6.07, 6.45) is 0.170. The first kappa shape index (κ1) is 21.1. The van der Waals surface area contributed by atoms with Crippen LogP contribution in [0.15, 0.2) is 65.8 Å². The van der Waals surface area contributed by atoms with Crippen LogP contribution in [0.25, 0.3) is 0 Å². The number of halogens is 1. The lowest BCUT2D eigenvalue weighted by molar-refractivity contribution is -0.0213. The van der Waals surface area contributed by atoms with E-state index in [0.717, 1.165) is 28.2 Å². The number of benzene rings is 3. The summed E-state index contributed by atoms with van der Waals surface area (Å²) in [4.78, 5) is 0. The van der Waals surface area contributed by atoms with Crippen molar-refractivity contribution in [3.63, 3.8) is 0 Å². The number of hydrogen-bond donors (Lipinski definition) is 0. The lowest BCUT2D eigenvalue weighted by Gasteiger charge is -2.38. The van der Waals surface area contributed by atoms with Crippen LogP contribution >= 0.6 is 0 Å². The third-order valence-corrected chi connectivity index (χ3v) is 5.95. The molecule has 2 atom stereocenters. The minimum Gasteiger partial charge on any atom is -0.493 e. The fourth-order valence-electron chi connectivity index (χ4n) is 4.40. The molecular weight excluding hydrogens is 423 g/mol. The molecule has 7 heteroatoms. The highest BCUT2D eigenvalue weighted by atomic mass is 19.1. The summed E-state index contributed by atoms with van der Waals surface area (Å²) in [6, 6.07) is 18.0. The second-order valence-electron chi connectivity index (χ2n) is 7.85. The van der Waals surface area contributed by atoms with Crippen molar-refractivity contribution in [1.82, 2.24) is 5.01 Å². The number of hydrazone groups is 1. The molecule has 0 saturated heterocycles. The summed E-state index contributed by atoms with van der Waals surface area (Å²) in [5, 5.41) is 6.90. The van der Waals surface area contributed by atoms with Gasteiger partial charge in [-0.2, -0.15) is 5.10 Å². The van der Waals surface area contributed by atoms with Gasteiger partial charge in [0.15, 0.2) is 23.0 Å². The number of nitrogens with zero attached hydrogens (tertiary/aromatic N) is 2. The van der Waals surface area contributed by atoms with E-state index in [4.69, 9.17) is 24.0 Å². The van der Waals surface area contributed by atoms with Gasteiger partial charge in [-0.3, -0.25) is 0 Å². The summed E-state index contributed by atoms with van der Waals surface area (Å²) in [5.41, 5.74) is 3.65. The third-order valence-electron chi connectivity index (χ3n) is 5.95. The molecule has 0 fully saturated rings. The Kier molecular flexibility index (Phi) is 5.54. The summed E-state index contributed by atoms with van der Waals surface area (Å²) in [5.74, 6) is 2.40. The van der Waals surface area contributed by atoms with Gasteiger partial charge in [-0.15, -0.1) is 0 Å². The molecule has 3 aromatic rings. The standard InChI is InChI=1S/C26H25FN2O4/c1-4-32-23-7-5-6-19-21-15-20(16-8-11-18(27)12-9-16)28-29(21)26(33-25(19)23)17-10-13-22(30-2)24(14-17)31-3/h5-14,21,26H,4,15H2,1-3H3/t21-,26+/m0/s1. The molecule has 0 unspecified atom stereocenters. The number of fused-ring (bicyclic) bond motifs is 3. The summed E-state index contributed by atoms with van der Waals surface area (Å²) < 4.78 is 36.8. The van der Waals surface area contributed by atoms with Crippen LogP contribution in [0.1, 0.15) is 42.3 Å². The van der Waals surface area contributed by atoms with E-state index in [9.17, 15) is 4.39 Å². The van der Waals surface area contributed by atoms with E-state index in [1.165, 1.54) is 12.1 Å². The van der Waals surface area contributed by atoms with Crippen LogP contribution in [0.5, 0.6) is 23.0 Å². The molecule has 33 heavy (non-hydrogen) atoms. The van der Waals surface area contributed by atoms with E-state index in [0.29, 0.717) is 30.3 Å². The molecular formula is C26H25FN2O4. The van der Waals surface area contributed by atoms with Gasteiger partial charge in [-0.25, -0.2) is 9.40 Å². The minimum atomic E-state index is -0.498. The zero-order valence-corrected chi connectivity index (χ0v) is 18.7. The average molecular weight is 448 g/mol. The lowest BCUT2D eigenvalue weighted by atomic mass is 9.95. The molecule has 2 heterocycles. The van der Waals surface area contributed by atoms with Gasteiger partial charge in [0.2, 0.25) is 6.23 Å². The van der Waals surface area contributed by atoms with Gasteiger partial charge in [-0.1, -0.05) is 24.3 Å². The Morgan fingerprint density at radius 2 is 1.79 bits per heavy atom. The summed E-state index contributed by atoms with van der Waals surface area (Å²) >= 11 is 0. The van der Waals surface area contributed by atoms with Crippen molar-refractivity contribution in [2.45, 2.75) is 25.6 Å². The van der Waals surface area contributed by atoms with Crippen molar-refractivity contribution < 1.29 is 23.3 Å². The van der Waals surface area contributed by atoms with Crippen molar-refractivity contribution in [3.05, 3.63) is 83.2 Å². The Balaban J connectivity index is 1.61. The minimum absolute atomic E-state index is 0.0488. The molecule has 0 aliphatic carbocycles. The Hall–Kier alpha value is -3.74. The first-order chi connectivity index (χ1) is 16.1. The molecule has 5 rings (SSSR count). The van der Waals surface area contributed by atoms with Crippen LogP contribution in [0, 0.1) is 5.82 Å². The van der Waals surface area contributed by atoms with Crippen molar-refractivity contribution >= 4 is 5.71 Å². The van der Waals surface area contributed by atoms with Gasteiger partial charge in [0.25, 0.3) is 0 Å². The normalized spacial score (nSPS) is 18.7. The third kappa shape index (κ3) is 3.73. The zero-order chi connectivity index (χ0) is 22.9. The molecule has 2 aliphatic heterocycles. The predicted octanol–water partition coefficient (Wildman–Crippen LogP) is 5.48. The molecule has 2 aliphatic rings. The topological polar surface area (TPSA) is 52.5 Å². The van der Waals surface area contributed by atoms with E-state index in [2.05, 4.69) is 0 Å². The molecule has 6 nitrogen and oxygen atoms in total. The monoisotopic (exact) mass is 448 g/mol. The van der Waals surface area contributed by atoms with Crippen molar-refractivity contribution in [1.29, 1.82) is 0 Å². The zero-order valence-electron chi connectivity index (χ0n) is 18.7. The Morgan fingerprint density at radius 1 is 1.00 bits per heavy atom. The van der Waals surface area contributed by atoms with Gasteiger partial charge in [0, 0.05) is 17.5 Å². The quantitative estimate of drug-likeness (QED) is 0.500. The molecule has 3 aromatic carbocycles. The van der Waals surface area contributed by atoms with Gasteiger partial charge < -0.3 is 18.9 Å². The Bertz CT molecular complexity index is 1200. The highest BCUT2D eigenvalue weighted by Gasteiger charge is 2.42. The lowest BCUT2D eigenvalue weighted by Crippen LogP contribution is -2.34. The molecule has 0 aromatic heterocycles. The van der Waals surface area contributed by atoms with Crippen LogP contribution in [0.4, 0.5) is 4.39 Å². The molecule has 0 saturated carbocycles. The second kappa shape index (κ2) is 8.65. The predicted molar refractivity (Wildman–Crippen MR) is 123 cm³/mol. The molecule has 170 valence electrons. The molecule has 0 N–H and O–H groups in total. The van der Waals surface area contributed by atoms with Gasteiger partial charge >= 0.3 is 0 Å². The van der Waals surface area contributed by atoms with Crippen LogP contribution in [-0.4, -0.2) is 31.5 Å². The first-order valence-electron chi connectivity index (χ1n) is 10.9. The van der Waals surface area contributed by atoms with E-state index in [1.807, 2.05) is 48.3 Å². The summed E-state index contributed by atoms with van der Waals surface area (Å²) in [7, 11) is 3.21. The number of hydrogen-bond acceptors (Lipinski definition) is 6. The maximum absolute atomic E-state index is 13.5. The Morgan fingerprint density at radius 3 is 2.52 bits per heavy atom. The maximum Gasteiger partial charge on any atom is 0.214 e. The van der Waals surface area contributed by atoms with Crippen LogP contribution in [0.3, 0.4) is 0 Å². The summed E-state index contributed by atoms with van der Waals surface area (Å²) in [6.45, 7) is 2.48. The SMILES string of the molecule is CCOc1cccc2c1O[C@H](c1ccc(OC)c(OC)c1)N1N=C(c3ccc(F)cc3)C[C@@H]21. The highest BCUT2D eigenvalue weighted by Crippen LogP contribution is 2.51. The Labute approximate surface area is 192 Å². The van der Waals surface area contributed by atoms with Crippen molar-refractivity contribution in [2.24, 2.45) is 5.10 Å².